The molecule has 1 heterocycles. The Balaban J connectivity index is 1.58. The van der Waals surface area contributed by atoms with Gasteiger partial charge in [-0.15, -0.1) is 6.58 Å². The highest BCUT2D eigenvalue weighted by Crippen LogP contribution is 2.33. The maximum absolute atomic E-state index is 6.09. The van der Waals surface area contributed by atoms with Gasteiger partial charge < -0.3 is 15.0 Å². The zero-order valence-corrected chi connectivity index (χ0v) is 14.0. The molecule has 0 spiro atoms. The minimum absolute atomic E-state index is 0.746. The van der Waals surface area contributed by atoms with Crippen LogP contribution in [0.2, 0.25) is 0 Å². The molecule has 1 aromatic heterocycles. The van der Waals surface area contributed by atoms with Crippen molar-refractivity contribution in [1.29, 1.82) is 0 Å². The number of fused-ring (bicyclic) bond motifs is 3. The predicted octanol–water partition coefficient (Wildman–Crippen LogP) is 4.57. The quantitative estimate of drug-likeness (QED) is 0.471. The summed E-state index contributed by atoms with van der Waals surface area (Å²) in [6.45, 7) is 5.70. The maximum atomic E-state index is 6.09. The second kappa shape index (κ2) is 6.70. The standard InChI is InChI=1S/C21H24N2O/c1-2-6-18-20(24-14-5-13-22-15-9-10-15)12-11-17-16-7-3-4-8-19(16)23-21(17)18/h2-4,7-8,11-12,15,22-23H,1,5-6,9-10,13-14H2. The summed E-state index contributed by atoms with van der Waals surface area (Å²) in [5, 5.41) is 6.04. The summed E-state index contributed by atoms with van der Waals surface area (Å²) in [7, 11) is 0. The molecule has 0 bridgehead atoms. The second-order valence-corrected chi connectivity index (χ2v) is 6.56. The third-order valence-electron chi connectivity index (χ3n) is 4.68. The lowest BCUT2D eigenvalue weighted by molar-refractivity contribution is 0.306. The lowest BCUT2D eigenvalue weighted by atomic mass is 10.1. The number of hydrogen-bond acceptors (Lipinski definition) is 2. The molecular weight excluding hydrogens is 296 g/mol. The molecule has 0 saturated heterocycles. The Bertz CT molecular complexity index is 861. The van der Waals surface area contributed by atoms with Crippen LogP contribution in [0.1, 0.15) is 24.8 Å². The molecule has 3 nitrogen and oxygen atoms in total. The van der Waals surface area contributed by atoms with Crippen LogP contribution in [0.15, 0.2) is 49.1 Å². The first kappa shape index (κ1) is 15.3. The molecule has 1 fully saturated rings. The lowest BCUT2D eigenvalue weighted by Gasteiger charge is -2.12. The van der Waals surface area contributed by atoms with Gasteiger partial charge in [0.15, 0.2) is 0 Å². The largest absolute Gasteiger partial charge is 0.493 e. The van der Waals surface area contributed by atoms with E-state index >= 15 is 0 Å². The van der Waals surface area contributed by atoms with Gasteiger partial charge in [0.2, 0.25) is 0 Å². The maximum Gasteiger partial charge on any atom is 0.124 e. The normalized spacial score (nSPS) is 14.3. The number of rotatable bonds is 8. The molecule has 124 valence electrons. The van der Waals surface area contributed by atoms with E-state index in [-0.39, 0.29) is 0 Å². The van der Waals surface area contributed by atoms with E-state index in [1.807, 2.05) is 6.08 Å². The van der Waals surface area contributed by atoms with Crippen molar-refractivity contribution in [3.63, 3.8) is 0 Å². The van der Waals surface area contributed by atoms with Crippen molar-refractivity contribution in [1.82, 2.24) is 10.3 Å². The molecular formula is C21H24N2O. The topological polar surface area (TPSA) is 37.0 Å². The van der Waals surface area contributed by atoms with Crippen molar-refractivity contribution < 1.29 is 4.74 Å². The zero-order valence-electron chi connectivity index (χ0n) is 14.0. The summed E-state index contributed by atoms with van der Waals surface area (Å²) in [6.07, 6.45) is 6.46. The fraction of sp³-hybridized carbons (Fsp3) is 0.333. The van der Waals surface area contributed by atoms with E-state index in [9.17, 15) is 0 Å². The minimum Gasteiger partial charge on any atom is -0.493 e. The molecule has 24 heavy (non-hydrogen) atoms. The number of aromatic nitrogens is 1. The average molecular weight is 320 g/mol. The van der Waals surface area contributed by atoms with E-state index in [0.717, 1.165) is 37.8 Å². The Labute approximate surface area is 142 Å². The van der Waals surface area contributed by atoms with Gasteiger partial charge in [-0.3, -0.25) is 0 Å². The fourth-order valence-corrected chi connectivity index (χ4v) is 3.29. The summed E-state index contributed by atoms with van der Waals surface area (Å²) in [5.74, 6) is 0.973. The van der Waals surface area contributed by atoms with Gasteiger partial charge in [0, 0.05) is 27.9 Å². The van der Waals surface area contributed by atoms with Crippen molar-refractivity contribution in [2.75, 3.05) is 13.2 Å². The monoisotopic (exact) mass is 320 g/mol. The van der Waals surface area contributed by atoms with Crippen molar-refractivity contribution in [3.8, 4) is 5.75 Å². The molecule has 0 unspecified atom stereocenters. The van der Waals surface area contributed by atoms with E-state index in [4.69, 9.17) is 4.74 Å². The Hall–Kier alpha value is -2.26. The molecule has 2 N–H and O–H groups in total. The Morgan fingerprint density at radius 3 is 2.88 bits per heavy atom. The van der Waals surface area contributed by atoms with Gasteiger partial charge in [-0.05, 0) is 50.4 Å². The van der Waals surface area contributed by atoms with Crippen LogP contribution < -0.4 is 10.1 Å². The number of H-pyrrole nitrogens is 1. The van der Waals surface area contributed by atoms with Crippen LogP contribution in [0.4, 0.5) is 0 Å². The molecule has 0 atom stereocenters. The summed E-state index contributed by atoms with van der Waals surface area (Å²) in [4.78, 5) is 3.56. The Morgan fingerprint density at radius 2 is 2.04 bits per heavy atom. The van der Waals surface area contributed by atoms with Crippen LogP contribution in [0.3, 0.4) is 0 Å². The van der Waals surface area contributed by atoms with E-state index in [0.29, 0.717) is 0 Å². The first-order chi connectivity index (χ1) is 11.9. The molecule has 3 heteroatoms. The molecule has 0 amide bonds. The van der Waals surface area contributed by atoms with Crippen molar-refractivity contribution in [2.45, 2.75) is 31.7 Å². The number of nitrogens with one attached hydrogen (secondary N) is 2. The highest BCUT2D eigenvalue weighted by atomic mass is 16.5. The Morgan fingerprint density at radius 1 is 1.17 bits per heavy atom. The lowest BCUT2D eigenvalue weighted by Crippen LogP contribution is -2.19. The second-order valence-electron chi connectivity index (χ2n) is 6.56. The van der Waals surface area contributed by atoms with Gasteiger partial charge in [-0.2, -0.15) is 0 Å². The number of hydrogen-bond donors (Lipinski definition) is 2. The van der Waals surface area contributed by atoms with E-state index in [2.05, 4.69) is 53.3 Å². The summed E-state index contributed by atoms with van der Waals surface area (Å²) in [6, 6.07) is 13.5. The molecule has 0 aliphatic heterocycles. The Kier molecular flexibility index (Phi) is 4.26. The van der Waals surface area contributed by atoms with Gasteiger partial charge in [0.05, 0.1) is 12.1 Å². The molecule has 3 aromatic rings. The molecule has 1 aliphatic rings. The SMILES string of the molecule is C=CCc1c(OCCCNC2CC2)ccc2c1[nH]c1ccccc12. The highest BCUT2D eigenvalue weighted by Gasteiger charge is 2.19. The van der Waals surface area contributed by atoms with Gasteiger partial charge in [0.25, 0.3) is 0 Å². The van der Waals surface area contributed by atoms with Crippen LogP contribution >= 0.6 is 0 Å². The summed E-state index contributed by atoms with van der Waals surface area (Å²) in [5.41, 5.74) is 3.54. The van der Waals surface area contributed by atoms with Crippen molar-refractivity contribution >= 4 is 21.8 Å². The summed E-state index contributed by atoms with van der Waals surface area (Å²) < 4.78 is 6.09. The fourth-order valence-electron chi connectivity index (χ4n) is 3.29. The smallest absolute Gasteiger partial charge is 0.124 e. The van der Waals surface area contributed by atoms with Gasteiger partial charge >= 0.3 is 0 Å². The molecule has 1 saturated carbocycles. The first-order valence-electron chi connectivity index (χ1n) is 8.86. The van der Waals surface area contributed by atoms with Crippen LogP contribution in [0, 0.1) is 0 Å². The van der Waals surface area contributed by atoms with Gasteiger partial charge in [0.1, 0.15) is 5.75 Å². The van der Waals surface area contributed by atoms with Crippen molar-refractivity contribution in [2.24, 2.45) is 0 Å². The molecule has 0 radical (unpaired) electrons. The number of allylic oxidation sites excluding steroid dienone is 1. The van der Waals surface area contributed by atoms with Crippen LogP contribution in [-0.4, -0.2) is 24.2 Å². The molecule has 4 rings (SSSR count). The average Bonchev–Trinajstić information content (AvgIpc) is 3.35. The predicted molar refractivity (Wildman–Crippen MR) is 101 cm³/mol. The number of aromatic amines is 1. The molecule has 2 aromatic carbocycles. The minimum atomic E-state index is 0.746. The third kappa shape index (κ3) is 3.04. The van der Waals surface area contributed by atoms with Crippen LogP contribution in [-0.2, 0) is 6.42 Å². The van der Waals surface area contributed by atoms with Gasteiger partial charge in [-0.1, -0.05) is 24.3 Å². The van der Waals surface area contributed by atoms with E-state index in [1.165, 1.54) is 40.2 Å². The number of para-hydroxylation sites is 1. The van der Waals surface area contributed by atoms with E-state index < -0.39 is 0 Å². The van der Waals surface area contributed by atoms with Crippen LogP contribution in [0.25, 0.3) is 21.8 Å². The number of ether oxygens (including phenoxy) is 1. The third-order valence-corrected chi connectivity index (χ3v) is 4.68. The van der Waals surface area contributed by atoms with Crippen molar-refractivity contribution in [3.05, 3.63) is 54.6 Å². The van der Waals surface area contributed by atoms with Gasteiger partial charge in [-0.25, -0.2) is 0 Å². The van der Waals surface area contributed by atoms with E-state index in [1.54, 1.807) is 0 Å². The highest BCUT2D eigenvalue weighted by molar-refractivity contribution is 6.08. The van der Waals surface area contributed by atoms with Crippen LogP contribution in [0.5, 0.6) is 5.75 Å². The molecule has 1 aliphatic carbocycles. The number of benzene rings is 2. The zero-order chi connectivity index (χ0) is 16.4. The summed E-state index contributed by atoms with van der Waals surface area (Å²) >= 11 is 0. The first-order valence-corrected chi connectivity index (χ1v) is 8.86.